The first-order valence-corrected chi connectivity index (χ1v) is 14.2. The normalized spacial score (nSPS) is 20.6. The summed E-state index contributed by atoms with van der Waals surface area (Å²) < 4.78 is 11.9. The molecule has 0 unspecified atom stereocenters. The number of nitrogens with one attached hydrogen (secondary N) is 1. The van der Waals surface area contributed by atoms with E-state index in [9.17, 15) is 14.4 Å². The lowest BCUT2D eigenvalue weighted by atomic mass is 9.99. The van der Waals surface area contributed by atoms with Gasteiger partial charge in [-0.25, -0.2) is 0 Å². The van der Waals surface area contributed by atoms with Crippen molar-refractivity contribution < 1.29 is 23.9 Å². The van der Waals surface area contributed by atoms with Gasteiger partial charge in [-0.2, -0.15) is 0 Å². The lowest BCUT2D eigenvalue weighted by molar-refractivity contribution is -0.137. The van der Waals surface area contributed by atoms with Crippen LogP contribution in [0.1, 0.15) is 40.9 Å². The Hall–Kier alpha value is -4.27. The molecular weight excluding hydrogens is 530 g/mol. The summed E-state index contributed by atoms with van der Waals surface area (Å²) >= 11 is 0. The molecule has 8 heteroatoms. The van der Waals surface area contributed by atoms with E-state index in [0.717, 1.165) is 5.56 Å². The maximum absolute atomic E-state index is 14.0. The number of para-hydroxylation sites is 1. The number of methoxy groups -OCH3 is 2. The third kappa shape index (κ3) is 7.51. The fourth-order valence-electron chi connectivity index (χ4n) is 5.25. The number of hydrogen-bond acceptors (Lipinski definition) is 5. The summed E-state index contributed by atoms with van der Waals surface area (Å²) in [6.45, 7) is 2.54. The predicted molar refractivity (Wildman–Crippen MR) is 163 cm³/mol. The van der Waals surface area contributed by atoms with Crippen molar-refractivity contribution in [1.82, 2.24) is 9.80 Å². The number of carbonyl (C=O) groups is 3. The number of nitrogens with zero attached hydrogens (tertiary/aromatic N) is 2. The standard InChI is InChI=1S/C34H39N3O5/c1-4-31(38)37-22-14-13-21-36(34(40)26-17-9-6-10-18-26)24-30(41-2)32(42-3)27-19-11-12-20-28(27)35-33(39)29(37)23-25-15-7-5-8-16-25/h5-20,29-30,32H,4,21-24H2,1-3H3,(H,35,39)/b14-13-/t29-,30-,32-/m0/s1. The monoisotopic (exact) mass is 569 g/mol. The van der Waals surface area contributed by atoms with E-state index in [-0.39, 0.29) is 43.8 Å². The Labute approximate surface area is 247 Å². The van der Waals surface area contributed by atoms with Gasteiger partial charge in [-0.05, 0) is 23.8 Å². The quantitative estimate of drug-likeness (QED) is 0.427. The number of carbonyl (C=O) groups excluding carboxylic acids is 3. The van der Waals surface area contributed by atoms with Crippen LogP contribution in [0.25, 0.3) is 0 Å². The smallest absolute Gasteiger partial charge is 0.254 e. The highest BCUT2D eigenvalue weighted by molar-refractivity contribution is 5.98. The van der Waals surface area contributed by atoms with E-state index in [0.29, 0.717) is 23.2 Å². The molecule has 1 aliphatic heterocycles. The molecule has 8 nitrogen and oxygen atoms in total. The van der Waals surface area contributed by atoms with Crippen molar-refractivity contribution >= 4 is 23.4 Å². The molecular formula is C34H39N3O5. The Morgan fingerprint density at radius 3 is 2.17 bits per heavy atom. The minimum Gasteiger partial charge on any atom is -0.377 e. The first kappa shape index (κ1) is 30.7. The van der Waals surface area contributed by atoms with E-state index in [2.05, 4.69) is 5.32 Å². The number of amides is 3. The van der Waals surface area contributed by atoms with Crippen LogP contribution in [0.5, 0.6) is 0 Å². The number of ether oxygens (including phenoxy) is 2. The summed E-state index contributed by atoms with van der Waals surface area (Å²) in [6.07, 6.45) is 3.19. The van der Waals surface area contributed by atoms with Gasteiger partial charge in [-0.3, -0.25) is 14.4 Å². The molecule has 1 aliphatic rings. The van der Waals surface area contributed by atoms with Crippen LogP contribution < -0.4 is 5.32 Å². The van der Waals surface area contributed by atoms with Crippen LogP contribution >= 0.6 is 0 Å². The van der Waals surface area contributed by atoms with Crippen LogP contribution in [0, 0.1) is 0 Å². The average Bonchev–Trinajstić information content (AvgIpc) is 3.03. The van der Waals surface area contributed by atoms with Gasteiger partial charge in [0.15, 0.2) is 0 Å². The average molecular weight is 570 g/mol. The molecule has 0 bridgehead atoms. The predicted octanol–water partition coefficient (Wildman–Crippen LogP) is 4.89. The lowest BCUT2D eigenvalue weighted by Crippen LogP contribution is -2.49. The molecule has 4 rings (SSSR count). The number of anilines is 1. The van der Waals surface area contributed by atoms with Crippen molar-refractivity contribution in [2.75, 3.05) is 39.2 Å². The minimum absolute atomic E-state index is 0.137. The van der Waals surface area contributed by atoms with Gasteiger partial charge in [0.2, 0.25) is 11.8 Å². The van der Waals surface area contributed by atoms with Gasteiger partial charge in [0, 0.05) is 57.0 Å². The molecule has 0 radical (unpaired) electrons. The van der Waals surface area contributed by atoms with Gasteiger partial charge in [0.1, 0.15) is 18.2 Å². The van der Waals surface area contributed by atoms with E-state index < -0.39 is 18.2 Å². The maximum atomic E-state index is 14.0. The Morgan fingerprint density at radius 1 is 0.857 bits per heavy atom. The molecule has 0 saturated carbocycles. The molecule has 1 heterocycles. The van der Waals surface area contributed by atoms with Gasteiger partial charge in [-0.1, -0.05) is 85.8 Å². The van der Waals surface area contributed by atoms with E-state index in [1.165, 1.54) is 0 Å². The first-order chi connectivity index (χ1) is 20.5. The van der Waals surface area contributed by atoms with Crippen LogP contribution in [-0.2, 0) is 25.5 Å². The molecule has 3 amide bonds. The number of fused-ring (bicyclic) bond motifs is 1. The van der Waals surface area contributed by atoms with Crippen molar-refractivity contribution in [2.24, 2.45) is 0 Å². The third-order valence-corrected chi connectivity index (χ3v) is 7.50. The molecule has 3 aromatic carbocycles. The van der Waals surface area contributed by atoms with Crippen LogP contribution in [0.3, 0.4) is 0 Å². The van der Waals surface area contributed by atoms with Crippen molar-refractivity contribution in [3.8, 4) is 0 Å². The summed E-state index contributed by atoms with van der Waals surface area (Å²) in [7, 11) is 3.17. The van der Waals surface area contributed by atoms with Crippen molar-refractivity contribution in [2.45, 2.75) is 38.0 Å². The summed E-state index contributed by atoms with van der Waals surface area (Å²) in [5, 5.41) is 3.09. The highest BCUT2D eigenvalue weighted by Gasteiger charge is 2.33. The number of rotatable bonds is 6. The van der Waals surface area contributed by atoms with Crippen LogP contribution in [0.2, 0.25) is 0 Å². The fraction of sp³-hybridized carbons (Fsp3) is 0.324. The summed E-state index contributed by atoms with van der Waals surface area (Å²) in [5.41, 5.74) is 2.78. The molecule has 0 aromatic heterocycles. The van der Waals surface area contributed by atoms with Crippen LogP contribution in [0.4, 0.5) is 5.69 Å². The molecule has 3 aromatic rings. The zero-order valence-electron chi connectivity index (χ0n) is 24.4. The largest absolute Gasteiger partial charge is 0.377 e. The number of hydrogen-bond donors (Lipinski definition) is 1. The SMILES string of the molecule is CCC(=O)N1C/C=C\CN(C(=O)c2ccccc2)C[C@H](OC)[C@@H](OC)c2ccccc2NC(=O)[C@@H]1Cc1ccccc1. The molecule has 0 saturated heterocycles. The second-order valence-corrected chi connectivity index (χ2v) is 10.2. The van der Waals surface area contributed by atoms with Crippen molar-refractivity contribution in [3.05, 3.63) is 114 Å². The summed E-state index contributed by atoms with van der Waals surface area (Å²) in [6, 6.07) is 25.4. The van der Waals surface area contributed by atoms with Gasteiger partial charge in [-0.15, -0.1) is 0 Å². The lowest BCUT2D eigenvalue weighted by Gasteiger charge is -2.33. The van der Waals surface area contributed by atoms with Gasteiger partial charge < -0.3 is 24.6 Å². The topological polar surface area (TPSA) is 88.2 Å². The second-order valence-electron chi connectivity index (χ2n) is 10.2. The van der Waals surface area contributed by atoms with Gasteiger partial charge >= 0.3 is 0 Å². The zero-order chi connectivity index (χ0) is 29.9. The Kier molecular flexibility index (Phi) is 11.0. The molecule has 1 N–H and O–H groups in total. The van der Waals surface area contributed by atoms with Gasteiger partial charge in [0.05, 0.1) is 6.54 Å². The molecule has 42 heavy (non-hydrogen) atoms. The number of benzene rings is 3. The third-order valence-electron chi connectivity index (χ3n) is 7.50. The summed E-state index contributed by atoms with van der Waals surface area (Å²) in [5.74, 6) is -0.569. The highest BCUT2D eigenvalue weighted by Crippen LogP contribution is 2.31. The zero-order valence-corrected chi connectivity index (χ0v) is 24.4. The highest BCUT2D eigenvalue weighted by atomic mass is 16.5. The first-order valence-electron chi connectivity index (χ1n) is 14.2. The van der Waals surface area contributed by atoms with E-state index in [1.54, 1.807) is 43.1 Å². The van der Waals surface area contributed by atoms with Crippen molar-refractivity contribution in [1.29, 1.82) is 0 Å². The summed E-state index contributed by atoms with van der Waals surface area (Å²) in [4.78, 5) is 44.2. The van der Waals surface area contributed by atoms with E-state index >= 15 is 0 Å². The molecule has 0 aliphatic carbocycles. The van der Waals surface area contributed by atoms with Crippen LogP contribution in [-0.4, -0.2) is 73.5 Å². The molecule has 3 atom stereocenters. The fourth-order valence-corrected chi connectivity index (χ4v) is 5.25. The Bertz CT molecular complexity index is 1360. The Morgan fingerprint density at radius 2 is 1.50 bits per heavy atom. The molecule has 0 spiro atoms. The van der Waals surface area contributed by atoms with E-state index in [1.807, 2.05) is 84.9 Å². The molecule has 0 fully saturated rings. The molecule has 220 valence electrons. The Balaban J connectivity index is 1.79. The van der Waals surface area contributed by atoms with Gasteiger partial charge in [0.25, 0.3) is 5.91 Å². The second kappa shape index (κ2) is 15.1. The van der Waals surface area contributed by atoms with Crippen molar-refractivity contribution in [3.63, 3.8) is 0 Å². The van der Waals surface area contributed by atoms with E-state index in [4.69, 9.17) is 9.47 Å². The maximum Gasteiger partial charge on any atom is 0.254 e. The van der Waals surface area contributed by atoms with Crippen LogP contribution in [0.15, 0.2) is 97.1 Å². The minimum atomic E-state index is -0.762.